The third-order valence-corrected chi connectivity index (χ3v) is 8.81. The van der Waals surface area contributed by atoms with E-state index in [0.29, 0.717) is 23.6 Å². The maximum atomic E-state index is 13.8. The third kappa shape index (κ3) is 6.94. The molecule has 3 aromatic carbocycles. The van der Waals surface area contributed by atoms with Gasteiger partial charge in [-0.15, -0.1) is 0 Å². The smallest absolute Gasteiger partial charge is 0.243 e. The summed E-state index contributed by atoms with van der Waals surface area (Å²) in [7, 11) is -2.08. The Hall–Kier alpha value is -2.67. The molecule has 1 saturated heterocycles. The maximum absolute atomic E-state index is 13.8. The number of hydrogen-bond acceptors (Lipinski definition) is 4. The molecule has 0 radical (unpaired) electrons. The maximum Gasteiger partial charge on any atom is 0.243 e. The molecule has 1 aliphatic heterocycles. The van der Waals surface area contributed by atoms with Crippen LogP contribution in [0.5, 0.6) is 5.75 Å². The first-order valence-electron chi connectivity index (χ1n) is 12.5. The third-order valence-electron chi connectivity index (χ3n) is 6.86. The number of piperidine rings is 1. The fraction of sp³-hybridized carbons (Fsp3) is 0.379. The number of sulfonamides is 1. The number of ether oxygens (including phenoxy) is 1. The molecule has 0 unspecified atom stereocenters. The Morgan fingerprint density at radius 2 is 1.49 bits per heavy atom. The number of methoxy groups -OCH3 is 1. The van der Waals surface area contributed by atoms with Crippen LogP contribution in [0, 0.1) is 0 Å². The van der Waals surface area contributed by atoms with Crippen molar-refractivity contribution in [1.82, 2.24) is 9.21 Å². The zero-order valence-electron chi connectivity index (χ0n) is 20.6. The molecule has 1 fully saturated rings. The van der Waals surface area contributed by atoms with E-state index < -0.39 is 10.0 Å². The molecule has 4 rings (SSSR count). The van der Waals surface area contributed by atoms with Gasteiger partial charge in [-0.3, -0.25) is 0 Å². The normalized spacial score (nSPS) is 15.4. The van der Waals surface area contributed by atoms with E-state index >= 15 is 0 Å². The predicted octanol–water partition coefficient (Wildman–Crippen LogP) is 5.03. The Morgan fingerprint density at radius 3 is 2.11 bits per heavy atom. The lowest BCUT2D eigenvalue weighted by molar-refractivity contribution is 0.158. The Bertz CT molecular complexity index is 1140. The van der Waals surface area contributed by atoms with Gasteiger partial charge in [0, 0.05) is 18.7 Å². The summed E-state index contributed by atoms with van der Waals surface area (Å²) in [6.45, 7) is 3.38. The minimum absolute atomic E-state index is 0.000265. The van der Waals surface area contributed by atoms with Gasteiger partial charge in [-0.25, -0.2) is 8.42 Å². The monoisotopic (exact) mass is 492 g/mol. The molecule has 1 heterocycles. The van der Waals surface area contributed by atoms with Gasteiger partial charge >= 0.3 is 0 Å². The first kappa shape index (κ1) is 25.4. The molecule has 0 atom stereocenters. The van der Waals surface area contributed by atoms with Gasteiger partial charge in [-0.2, -0.15) is 4.31 Å². The summed E-state index contributed by atoms with van der Waals surface area (Å²) in [5.74, 6) is 0.558. The summed E-state index contributed by atoms with van der Waals surface area (Å²) >= 11 is 0. The van der Waals surface area contributed by atoms with Crippen molar-refractivity contribution in [3.8, 4) is 5.75 Å². The van der Waals surface area contributed by atoms with Crippen LogP contribution in [0.3, 0.4) is 0 Å². The van der Waals surface area contributed by atoms with Gasteiger partial charge in [0.1, 0.15) is 5.75 Å². The van der Waals surface area contributed by atoms with E-state index in [1.165, 1.54) is 5.56 Å². The van der Waals surface area contributed by atoms with Crippen LogP contribution < -0.4 is 4.74 Å². The van der Waals surface area contributed by atoms with Crippen LogP contribution in [0.2, 0.25) is 0 Å². The Morgan fingerprint density at radius 1 is 0.857 bits per heavy atom. The molecule has 6 heteroatoms. The van der Waals surface area contributed by atoms with Gasteiger partial charge in [0.2, 0.25) is 10.0 Å². The quantitative estimate of drug-likeness (QED) is 0.377. The average Bonchev–Trinajstić information content (AvgIpc) is 2.91. The van der Waals surface area contributed by atoms with Crippen molar-refractivity contribution in [3.63, 3.8) is 0 Å². The lowest BCUT2D eigenvalue weighted by atomic mass is 10.0. The highest BCUT2D eigenvalue weighted by Crippen LogP contribution is 2.27. The van der Waals surface area contributed by atoms with Gasteiger partial charge in [0.25, 0.3) is 0 Å². The summed E-state index contributed by atoms with van der Waals surface area (Å²) in [4.78, 5) is 2.78. The van der Waals surface area contributed by atoms with Gasteiger partial charge in [0.05, 0.1) is 12.0 Å². The molecular formula is C29H36N2O3S. The van der Waals surface area contributed by atoms with E-state index in [1.807, 2.05) is 18.2 Å². The molecule has 0 saturated carbocycles. The standard InChI is InChI=1S/C29H36N2O3S/c1-34-28-15-8-16-29(24-28)35(32,33)31(23-17-26-12-6-3-7-13-26)27-18-21-30(22-19-27)20-9-14-25-10-4-2-5-11-25/h2-8,10-13,15-16,24,27H,9,14,17-23H2,1H3. The molecule has 0 aliphatic carbocycles. The van der Waals surface area contributed by atoms with Crippen molar-refractivity contribution in [2.75, 3.05) is 33.3 Å². The van der Waals surface area contributed by atoms with Crippen LogP contribution in [0.15, 0.2) is 89.8 Å². The number of nitrogens with zero attached hydrogens (tertiary/aromatic N) is 2. The van der Waals surface area contributed by atoms with Gasteiger partial charge in [0.15, 0.2) is 0 Å². The van der Waals surface area contributed by atoms with Crippen LogP contribution in [0.25, 0.3) is 0 Å². The zero-order chi connectivity index (χ0) is 24.5. The minimum Gasteiger partial charge on any atom is -0.497 e. The molecule has 0 N–H and O–H groups in total. The highest BCUT2D eigenvalue weighted by atomic mass is 32.2. The topological polar surface area (TPSA) is 49.9 Å². The molecule has 35 heavy (non-hydrogen) atoms. The number of rotatable bonds is 11. The van der Waals surface area contributed by atoms with E-state index in [4.69, 9.17) is 4.74 Å². The molecule has 1 aliphatic rings. The average molecular weight is 493 g/mol. The van der Waals surface area contributed by atoms with Gasteiger partial charge in [-0.05, 0) is 75.0 Å². The number of hydrogen-bond donors (Lipinski definition) is 0. The summed E-state index contributed by atoms with van der Waals surface area (Å²) < 4.78 is 34.6. The predicted molar refractivity (Wildman–Crippen MR) is 141 cm³/mol. The molecule has 186 valence electrons. The molecule has 3 aromatic rings. The van der Waals surface area contributed by atoms with Crippen molar-refractivity contribution in [3.05, 3.63) is 96.1 Å². The van der Waals surface area contributed by atoms with Gasteiger partial charge in [-0.1, -0.05) is 66.7 Å². The number of likely N-dealkylation sites (tertiary alicyclic amines) is 1. The fourth-order valence-corrected chi connectivity index (χ4v) is 6.58. The van der Waals surface area contributed by atoms with E-state index in [9.17, 15) is 8.42 Å². The Balaban J connectivity index is 1.42. The van der Waals surface area contributed by atoms with E-state index in [0.717, 1.165) is 50.9 Å². The lowest BCUT2D eigenvalue weighted by Crippen LogP contribution is -2.48. The van der Waals surface area contributed by atoms with Crippen LogP contribution >= 0.6 is 0 Å². The molecule has 0 spiro atoms. The number of benzene rings is 3. The molecule has 0 aromatic heterocycles. The summed E-state index contributed by atoms with van der Waals surface area (Å²) in [5, 5.41) is 0. The second-order valence-corrected chi connectivity index (χ2v) is 11.1. The largest absolute Gasteiger partial charge is 0.497 e. The first-order valence-corrected chi connectivity index (χ1v) is 14.0. The van der Waals surface area contributed by atoms with Crippen molar-refractivity contribution in [2.24, 2.45) is 0 Å². The van der Waals surface area contributed by atoms with E-state index in [2.05, 4.69) is 47.4 Å². The zero-order valence-corrected chi connectivity index (χ0v) is 21.4. The second kappa shape index (κ2) is 12.3. The summed E-state index contributed by atoms with van der Waals surface area (Å²) in [6.07, 6.45) is 4.59. The van der Waals surface area contributed by atoms with Crippen LogP contribution in [0.4, 0.5) is 0 Å². The van der Waals surface area contributed by atoms with Crippen molar-refractivity contribution in [1.29, 1.82) is 0 Å². The lowest BCUT2D eigenvalue weighted by Gasteiger charge is -2.38. The van der Waals surface area contributed by atoms with Crippen molar-refractivity contribution in [2.45, 2.75) is 43.0 Å². The molecule has 0 amide bonds. The Kier molecular flexibility index (Phi) is 8.96. The Labute approximate surface area is 210 Å². The molecule has 0 bridgehead atoms. The SMILES string of the molecule is COc1cccc(S(=O)(=O)N(CCc2ccccc2)C2CCN(CCCc3ccccc3)CC2)c1. The van der Waals surface area contributed by atoms with Crippen LogP contribution in [0.1, 0.15) is 30.4 Å². The minimum atomic E-state index is -3.64. The summed E-state index contributed by atoms with van der Waals surface area (Å²) in [5.41, 5.74) is 2.52. The molecular weight excluding hydrogens is 456 g/mol. The van der Waals surface area contributed by atoms with E-state index in [-0.39, 0.29) is 6.04 Å². The number of aryl methyl sites for hydroxylation is 1. The summed E-state index contributed by atoms with van der Waals surface area (Å²) in [6, 6.07) is 27.5. The van der Waals surface area contributed by atoms with Crippen molar-refractivity contribution < 1.29 is 13.2 Å². The van der Waals surface area contributed by atoms with Gasteiger partial charge < -0.3 is 9.64 Å². The highest BCUT2D eigenvalue weighted by Gasteiger charge is 2.33. The van der Waals surface area contributed by atoms with Crippen LogP contribution in [-0.2, 0) is 22.9 Å². The van der Waals surface area contributed by atoms with Crippen molar-refractivity contribution >= 4 is 10.0 Å². The van der Waals surface area contributed by atoms with E-state index in [1.54, 1.807) is 35.7 Å². The second-order valence-electron chi connectivity index (χ2n) is 9.19. The highest BCUT2D eigenvalue weighted by molar-refractivity contribution is 7.89. The molecule has 5 nitrogen and oxygen atoms in total. The first-order chi connectivity index (χ1) is 17.1. The fourth-order valence-electron chi connectivity index (χ4n) is 4.86. The van der Waals surface area contributed by atoms with Crippen LogP contribution in [-0.4, -0.2) is 57.0 Å².